The Hall–Kier alpha value is -1.09. The van der Waals surface area contributed by atoms with Gasteiger partial charge in [0.1, 0.15) is 0 Å². The van der Waals surface area contributed by atoms with E-state index < -0.39 is 0 Å². The van der Waals surface area contributed by atoms with Gasteiger partial charge in [0, 0.05) is 6.54 Å². The van der Waals surface area contributed by atoms with Crippen molar-refractivity contribution < 1.29 is 9.21 Å². The quantitative estimate of drug-likeness (QED) is 0.772. The molecule has 3 nitrogen and oxygen atoms in total. The third-order valence-corrected chi connectivity index (χ3v) is 3.49. The molecule has 0 amide bonds. The van der Waals surface area contributed by atoms with E-state index in [9.17, 15) is 4.79 Å². The molecule has 1 aliphatic rings. The van der Waals surface area contributed by atoms with Crippen LogP contribution in [-0.2, 0) is 0 Å². The molecule has 0 aromatic carbocycles. The largest absolute Gasteiger partial charge is 0.461 e. The number of carbonyl (C=O) groups is 1. The van der Waals surface area contributed by atoms with Gasteiger partial charge < -0.3 is 9.73 Å². The maximum Gasteiger partial charge on any atom is 0.205 e. The standard InChI is InChI=1S/C12H17NO2/c1-9(2)12(5-6-13-8-12)11(14)10-4-3-7-15-10/h3-4,7,9,13H,5-6,8H2,1-2H3. The molecule has 15 heavy (non-hydrogen) atoms. The molecule has 0 radical (unpaired) electrons. The number of furan rings is 1. The molecule has 2 heterocycles. The summed E-state index contributed by atoms with van der Waals surface area (Å²) in [7, 11) is 0. The van der Waals surface area contributed by atoms with Crippen LogP contribution in [-0.4, -0.2) is 18.9 Å². The van der Waals surface area contributed by atoms with E-state index in [1.165, 1.54) is 0 Å². The van der Waals surface area contributed by atoms with Crippen LogP contribution in [0.15, 0.2) is 22.8 Å². The van der Waals surface area contributed by atoms with Crippen molar-refractivity contribution in [3.63, 3.8) is 0 Å². The van der Waals surface area contributed by atoms with Crippen molar-refractivity contribution in [2.75, 3.05) is 13.1 Å². The SMILES string of the molecule is CC(C)C1(C(=O)c2ccco2)CCNC1. The molecule has 3 heteroatoms. The predicted molar refractivity (Wildman–Crippen MR) is 57.8 cm³/mol. The predicted octanol–water partition coefficient (Wildman–Crippen LogP) is 2.10. The van der Waals surface area contributed by atoms with Gasteiger partial charge in [-0.15, -0.1) is 0 Å². The number of Topliss-reactive ketones (excluding diaryl/α,β-unsaturated/α-hetero) is 1. The van der Waals surface area contributed by atoms with E-state index in [1.54, 1.807) is 18.4 Å². The Kier molecular flexibility index (Phi) is 2.65. The fraction of sp³-hybridized carbons (Fsp3) is 0.583. The number of carbonyl (C=O) groups excluding carboxylic acids is 1. The van der Waals surface area contributed by atoms with Crippen molar-refractivity contribution in [2.24, 2.45) is 11.3 Å². The number of nitrogens with one attached hydrogen (secondary N) is 1. The maximum atomic E-state index is 12.3. The summed E-state index contributed by atoms with van der Waals surface area (Å²) in [5.41, 5.74) is -0.266. The van der Waals surface area contributed by atoms with Crippen LogP contribution in [0.5, 0.6) is 0 Å². The zero-order valence-corrected chi connectivity index (χ0v) is 9.25. The van der Waals surface area contributed by atoms with Crippen molar-refractivity contribution in [1.82, 2.24) is 5.32 Å². The number of ketones is 1. The van der Waals surface area contributed by atoms with Gasteiger partial charge in [0.05, 0.1) is 11.7 Å². The fourth-order valence-electron chi connectivity index (χ4n) is 2.31. The van der Waals surface area contributed by atoms with Gasteiger partial charge in [-0.3, -0.25) is 4.79 Å². The average molecular weight is 207 g/mol. The highest BCUT2D eigenvalue weighted by Gasteiger charge is 2.45. The molecule has 1 fully saturated rings. The summed E-state index contributed by atoms with van der Waals surface area (Å²) in [4.78, 5) is 12.3. The lowest BCUT2D eigenvalue weighted by molar-refractivity contribution is 0.0708. The minimum absolute atomic E-state index is 0.146. The minimum Gasteiger partial charge on any atom is -0.461 e. The monoisotopic (exact) mass is 207 g/mol. The van der Waals surface area contributed by atoms with Crippen LogP contribution in [0.4, 0.5) is 0 Å². The lowest BCUT2D eigenvalue weighted by Crippen LogP contribution is -2.38. The third-order valence-electron chi connectivity index (χ3n) is 3.49. The molecule has 1 aromatic rings. The Morgan fingerprint density at radius 1 is 1.60 bits per heavy atom. The van der Waals surface area contributed by atoms with E-state index in [2.05, 4.69) is 19.2 Å². The molecule has 82 valence electrons. The highest BCUT2D eigenvalue weighted by molar-refractivity contribution is 5.98. The summed E-state index contributed by atoms with van der Waals surface area (Å²) >= 11 is 0. The molecular formula is C12H17NO2. The van der Waals surface area contributed by atoms with Crippen molar-refractivity contribution in [2.45, 2.75) is 20.3 Å². The minimum atomic E-state index is -0.266. The van der Waals surface area contributed by atoms with Gasteiger partial charge in [-0.1, -0.05) is 13.8 Å². The van der Waals surface area contributed by atoms with Gasteiger partial charge in [0.15, 0.2) is 5.76 Å². The molecule has 1 aliphatic heterocycles. The van der Waals surface area contributed by atoms with E-state index in [-0.39, 0.29) is 11.2 Å². The normalized spacial score (nSPS) is 26.1. The first-order valence-corrected chi connectivity index (χ1v) is 5.46. The molecular weight excluding hydrogens is 190 g/mol. The molecule has 1 atom stereocenters. The van der Waals surface area contributed by atoms with Gasteiger partial charge in [-0.2, -0.15) is 0 Å². The third kappa shape index (κ3) is 1.61. The van der Waals surface area contributed by atoms with Crippen LogP contribution in [0, 0.1) is 11.3 Å². The molecule has 1 N–H and O–H groups in total. The number of hydrogen-bond acceptors (Lipinski definition) is 3. The van der Waals surface area contributed by atoms with Crippen LogP contribution in [0.1, 0.15) is 30.8 Å². The van der Waals surface area contributed by atoms with Crippen LogP contribution in [0.3, 0.4) is 0 Å². The van der Waals surface area contributed by atoms with E-state index in [1.807, 2.05) is 0 Å². The Balaban J connectivity index is 2.30. The Labute approximate surface area is 89.9 Å². The van der Waals surface area contributed by atoms with Crippen molar-refractivity contribution in [3.8, 4) is 0 Å². The van der Waals surface area contributed by atoms with Crippen LogP contribution in [0.25, 0.3) is 0 Å². The summed E-state index contributed by atoms with van der Waals surface area (Å²) in [6, 6.07) is 3.52. The molecule has 1 unspecified atom stereocenters. The van der Waals surface area contributed by atoms with Gasteiger partial charge in [-0.05, 0) is 31.0 Å². The van der Waals surface area contributed by atoms with Crippen LogP contribution >= 0.6 is 0 Å². The molecule has 0 aliphatic carbocycles. The van der Waals surface area contributed by atoms with Crippen molar-refractivity contribution >= 4 is 5.78 Å². The molecule has 0 saturated carbocycles. The van der Waals surface area contributed by atoms with Gasteiger partial charge in [-0.25, -0.2) is 0 Å². The second-order valence-electron chi connectivity index (χ2n) is 4.54. The van der Waals surface area contributed by atoms with Crippen LogP contribution < -0.4 is 5.32 Å². The summed E-state index contributed by atoms with van der Waals surface area (Å²) in [5.74, 6) is 0.977. The summed E-state index contributed by atoms with van der Waals surface area (Å²) < 4.78 is 5.21. The smallest absolute Gasteiger partial charge is 0.205 e. The molecule has 0 bridgehead atoms. The first-order valence-electron chi connectivity index (χ1n) is 5.46. The maximum absolute atomic E-state index is 12.3. The lowest BCUT2D eigenvalue weighted by Gasteiger charge is -2.29. The molecule has 0 spiro atoms. The molecule has 2 rings (SSSR count). The van der Waals surface area contributed by atoms with Crippen molar-refractivity contribution in [3.05, 3.63) is 24.2 Å². The first-order chi connectivity index (χ1) is 7.17. The average Bonchev–Trinajstić information content (AvgIpc) is 2.89. The van der Waals surface area contributed by atoms with E-state index in [0.29, 0.717) is 11.7 Å². The second kappa shape index (κ2) is 3.81. The lowest BCUT2D eigenvalue weighted by atomic mass is 9.72. The summed E-state index contributed by atoms with van der Waals surface area (Å²) in [6.45, 7) is 5.90. The molecule has 1 saturated heterocycles. The van der Waals surface area contributed by atoms with Gasteiger partial charge in [0.25, 0.3) is 0 Å². The molecule has 1 aromatic heterocycles. The zero-order chi connectivity index (χ0) is 10.9. The summed E-state index contributed by atoms with van der Waals surface area (Å²) in [6.07, 6.45) is 2.47. The van der Waals surface area contributed by atoms with Crippen LogP contribution in [0.2, 0.25) is 0 Å². The van der Waals surface area contributed by atoms with E-state index in [4.69, 9.17) is 4.42 Å². The highest BCUT2D eigenvalue weighted by atomic mass is 16.3. The highest BCUT2D eigenvalue weighted by Crippen LogP contribution is 2.37. The zero-order valence-electron chi connectivity index (χ0n) is 9.25. The Bertz CT molecular complexity index is 335. The topological polar surface area (TPSA) is 42.2 Å². The van der Waals surface area contributed by atoms with Gasteiger partial charge >= 0.3 is 0 Å². The Morgan fingerprint density at radius 2 is 2.40 bits per heavy atom. The number of hydrogen-bond donors (Lipinski definition) is 1. The van der Waals surface area contributed by atoms with Gasteiger partial charge in [0.2, 0.25) is 5.78 Å². The summed E-state index contributed by atoms with van der Waals surface area (Å²) in [5, 5.41) is 3.27. The first kappa shape index (κ1) is 10.4. The van der Waals surface area contributed by atoms with E-state index in [0.717, 1.165) is 19.5 Å². The number of rotatable bonds is 3. The second-order valence-corrected chi connectivity index (χ2v) is 4.54. The van der Waals surface area contributed by atoms with E-state index >= 15 is 0 Å². The Morgan fingerprint density at radius 3 is 2.87 bits per heavy atom. The fourth-order valence-corrected chi connectivity index (χ4v) is 2.31. The van der Waals surface area contributed by atoms with Crippen molar-refractivity contribution in [1.29, 1.82) is 0 Å².